The van der Waals surface area contributed by atoms with E-state index in [1.165, 1.54) is 11.0 Å². The van der Waals surface area contributed by atoms with E-state index in [9.17, 15) is 14.0 Å². The molecular formula is C23H26ClFN4O2. The van der Waals surface area contributed by atoms with E-state index in [2.05, 4.69) is 10.4 Å². The highest BCUT2D eigenvalue weighted by Gasteiger charge is 2.29. The molecule has 0 fully saturated rings. The zero-order valence-corrected chi connectivity index (χ0v) is 18.8. The third-order valence-electron chi connectivity index (χ3n) is 5.05. The quantitative estimate of drug-likeness (QED) is 0.623. The van der Waals surface area contributed by atoms with Crippen molar-refractivity contribution in [1.29, 1.82) is 0 Å². The van der Waals surface area contributed by atoms with Crippen LogP contribution in [0.3, 0.4) is 0 Å². The lowest BCUT2D eigenvalue weighted by atomic mass is 10.1. The van der Waals surface area contributed by atoms with Crippen molar-refractivity contribution < 1.29 is 14.0 Å². The Labute approximate surface area is 186 Å². The number of nitrogens with zero attached hydrogens (tertiary/aromatic N) is 3. The number of halogens is 2. The number of hydrogen-bond donors (Lipinski definition) is 1. The Morgan fingerprint density at radius 3 is 2.58 bits per heavy atom. The summed E-state index contributed by atoms with van der Waals surface area (Å²) in [6, 6.07) is 12.3. The van der Waals surface area contributed by atoms with Crippen LogP contribution in [0, 0.1) is 12.7 Å². The Morgan fingerprint density at radius 2 is 1.87 bits per heavy atom. The summed E-state index contributed by atoms with van der Waals surface area (Å²) in [6.45, 7) is 7.34. The number of aryl methyl sites for hydroxylation is 1. The van der Waals surface area contributed by atoms with Gasteiger partial charge in [-0.05, 0) is 39.8 Å². The van der Waals surface area contributed by atoms with E-state index in [0.29, 0.717) is 0 Å². The summed E-state index contributed by atoms with van der Waals surface area (Å²) in [7, 11) is 0. The van der Waals surface area contributed by atoms with Gasteiger partial charge >= 0.3 is 0 Å². The molecule has 6 nitrogen and oxygen atoms in total. The summed E-state index contributed by atoms with van der Waals surface area (Å²) >= 11 is 5.79. The van der Waals surface area contributed by atoms with Gasteiger partial charge in [0.15, 0.2) is 0 Å². The number of hydrogen-bond acceptors (Lipinski definition) is 3. The van der Waals surface area contributed by atoms with Crippen LogP contribution in [0.2, 0.25) is 5.02 Å². The van der Waals surface area contributed by atoms with Crippen molar-refractivity contribution in [2.24, 2.45) is 0 Å². The number of amides is 2. The Kier molecular flexibility index (Phi) is 6.65. The molecule has 8 heteroatoms. The van der Waals surface area contributed by atoms with Crippen molar-refractivity contribution in [3.63, 3.8) is 0 Å². The highest BCUT2D eigenvalue weighted by Crippen LogP contribution is 2.20. The lowest BCUT2D eigenvalue weighted by Crippen LogP contribution is -2.51. The number of fused-ring (bicyclic) bond motifs is 1. The molecule has 3 aromatic rings. The molecule has 164 valence electrons. The van der Waals surface area contributed by atoms with Crippen LogP contribution in [0.1, 0.15) is 32.0 Å². The normalized spacial score (nSPS) is 11.5. The molecule has 0 atom stereocenters. The van der Waals surface area contributed by atoms with Crippen molar-refractivity contribution >= 4 is 34.3 Å². The maximum absolute atomic E-state index is 14.0. The van der Waals surface area contributed by atoms with Crippen LogP contribution >= 0.6 is 11.6 Å². The molecule has 31 heavy (non-hydrogen) atoms. The third-order valence-corrected chi connectivity index (χ3v) is 5.34. The van der Waals surface area contributed by atoms with Crippen LogP contribution in [0.5, 0.6) is 0 Å². The van der Waals surface area contributed by atoms with E-state index in [1.807, 2.05) is 52.0 Å². The van der Waals surface area contributed by atoms with Crippen molar-refractivity contribution in [3.8, 4) is 0 Å². The van der Waals surface area contributed by atoms with E-state index < -0.39 is 11.4 Å². The summed E-state index contributed by atoms with van der Waals surface area (Å²) in [5, 5.41) is 8.13. The molecule has 2 aromatic carbocycles. The molecule has 0 spiro atoms. The molecule has 1 aromatic heterocycles. The van der Waals surface area contributed by atoms with Gasteiger partial charge in [-0.3, -0.25) is 14.3 Å². The average Bonchev–Trinajstić information content (AvgIpc) is 3.02. The first-order valence-corrected chi connectivity index (χ1v) is 10.4. The molecule has 3 rings (SSSR count). The minimum absolute atomic E-state index is 0.0000117. The zero-order valence-electron chi connectivity index (χ0n) is 18.1. The van der Waals surface area contributed by atoms with E-state index in [-0.39, 0.29) is 42.0 Å². The van der Waals surface area contributed by atoms with Gasteiger partial charge in [-0.25, -0.2) is 4.39 Å². The Balaban J connectivity index is 1.71. The largest absolute Gasteiger partial charge is 0.350 e. The van der Waals surface area contributed by atoms with E-state index in [1.54, 1.807) is 16.8 Å². The van der Waals surface area contributed by atoms with Crippen molar-refractivity contribution in [1.82, 2.24) is 20.0 Å². The van der Waals surface area contributed by atoms with Gasteiger partial charge in [0.25, 0.3) is 0 Å². The number of para-hydroxylation sites is 1. The molecule has 0 aliphatic carbocycles. The molecule has 1 heterocycles. The molecule has 0 aliphatic heterocycles. The number of carbonyl (C=O) groups is 2. The predicted molar refractivity (Wildman–Crippen MR) is 119 cm³/mol. The molecular weight excluding hydrogens is 419 g/mol. The Hall–Kier alpha value is -2.93. The first kappa shape index (κ1) is 22.7. The van der Waals surface area contributed by atoms with Crippen molar-refractivity contribution in [2.45, 2.75) is 46.3 Å². The first-order chi connectivity index (χ1) is 14.6. The minimum Gasteiger partial charge on any atom is -0.350 e. The molecule has 0 aliphatic rings. The van der Waals surface area contributed by atoms with Crippen LogP contribution in [-0.4, -0.2) is 38.6 Å². The van der Waals surface area contributed by atoms with Crippen LogP contribution in [0.15, 0.2) is 42.5 Å². The van der Waals surface area contributed by atoms with Gasteiger partial charge in [-0.1, -0.05) is 41.9 Å². The summed E-state index contributed by atoms with van der Waals surface area (Å²) < 4.78 is 15.7. The summed E-state index contributed by atoms with van der Waals surface area (Å²) in [4.78, 5) is 27.2. The lowest BCUT2D eigenvalue weighted by molar-refractivity contribution is -0.141. The second-order valence-electron chi connectivity index (χ2n) is 8.40. The number of carbonyl (C=O) groups excluding carboxylic acids is 2. The van der Waals surface area contributed by atoms with Crippen molar-refractivity contribution in [3.05, 3.63) is 64.6 Å². The second kappa shape index (κ2) is 9.06. The summed E-state index contributed by atoms with van der Waals surface area (Å²) in [5.74, 6) is -1.18. The number of benzene rings is 2. The molecule has 2 amide bonds. The van der Waals surface area contributed by atoms with E-state index in [4.69, 9.17) is 11.6 Å². The fourth-order valence-electron chi connectivity index (χ4n) is 3.41. The summed E-state index contributed by atoms with van der Waals surface area (Å²) in [5.41, 5.74) is 1.40. The van der Waals surface area contributed by atoms with Crippen LogP contribution in [-0.2, 0) is 22.7 Å². The van der Waals surface area contributed by atoms with Gasteiger partial charge in [0.2, 0.25) is 11.8 Å². The van der Waals surface area contributed by atoms with E-state index in [0.717, 1.165) is 16.6 Å². The highest BCUT2D eigenvalue weighted by atomic mass is 35.5. The standard InChI is InChI=1S/C23H26ClFN4O2/c1-15-17-9-5-6-11-19(17)29(27-15)14-21(31)28(23(2,3)4)13-20(30)26-12-16-8-7-10-18(24)22(16)25/h5-11H,12-14H2,1-4H3,(H,26,30). The van der Waals surface area contributed by atoms with E-state index >= 15 is 0 Å². The Bertz CT molecular complexity index is 1120. The van der Waals surface area contributed by atoms with Crippen LogP contribution < -0.4 is 5.32 Å². The average molecular weight is 445 g/mol. The first-order valence-electron chi connectivity index (χ1n) is 10.00. The molecule has 0 saturated heterocycles. The minimum atomic E-state index is -0.590. The highest BCUT2D eigenvalue weighted by molar-refractivity contribution is 6.30. The zero-order chi connectivity index (χ0) is 22.8. The lowest BCUT2D eigenvalue weighted by Gasteiger charge is -2.35. The number of rotatable bonds is 6. The fraction of sp³-hybridized carbons (Fsp3) is 0.348. The topological polar surface area (TPSA) is 67.2 Å². The van der Waals surface area contributed by atoms with Crippen LogP contribution in [0.25, 0.3) is 10.9 Å². The third kappa shape index (κ3) is 5.22. The molecule has 1 N–H and O–H groups in total. The summed E-state index contributed by atoms with van der Waals surface area (Å²) in [6.07, 6.45) is 0. The monoisotopic (exact) mass is 444 g/mol. The molecule has 0 saturated carbocycles. The second-order valence-corrected chi connectivity index (χ2v) is 8.81. The van der Waals surface area contributed by atoms with Crippen molar-refractivity contribution in [2.75, 3.05) is 6.54 Å². The van der Waals surface area contributed by atoms with Gasteiger partial charge in [0.05, 0.1) is 16.2 Å². The number of nitrogens with one attached hydrogen (secondary N) is 1. The maximum atomic E-state index is 14.0. The maximum Gasteiger partial charge on any atom is 0.245 e. The fourth-order valence-corrected chi connectivity index (χ4v) is 3.60. The van der Waals surface area contributed by atoms with Gasteiger partial charge in [-0.15, -0.1) is 0 Å². The SMILES string of the molecule is Cc1nn(CC(=O)N(CC(=O)NCc2cccc(Cl)c2F)C(C)(C)C)c2ccccc12. The Morgan fingerprint density at radius 1 is 1.16 bits per heavy atom. The predicted octanol–water partition coefficient (Wildman–Crippen LogP) is 4.08. The molecule has 0 radical (unpaired) electrons. The van der Waals surface area contributed by atoms with Gasteiger partial charge < -0.3 is 10.2 Å². The van der Waals surface area contributed by atoms with Gasteiger partial charge in [0.1, 0.15) is 18.9 Å². The van der Waals surface area contributed by atoms with Gasteiger partial charge in [-0.2, -0.15) is 5.10 Å². The molecule has 0 bridgehead atoms. The van der Waals surface area contributed by atoms with Gasteiger partial charge in [0, 0.05) is 23.0 Å². The smallest absolute Gasteiger partial charge is 0.245 e. The number of aromatic nitrogens is 2. The van der Waals surface area contributed by atoms with Crippen LogP contribution in [0.4, 0.5) is 4.39 Å². The molecule has 0 unspecified atom stereocenters.